The summed E-state index contributed by atoms with van der Waals surface area (Å²) in [5.74, 6) is 0.0710. The maximum absolute atomic E-state index is 11.2. The minimum absolute atomic E-state index is 0.0710. The number of thiazole rings is 1. The minimum atomic E-state index is -3.00. The van der Waals surface area contributed by atoms with Crippen LogP contribution in [0.15, 0.2) is 17.6 Å². The molecule has 18 heavy (non-hydrogen) atoms. The standard InChI is InChI=1S/C11H15N3O2S2/c1-7(5-18(2,15)16)14-8-3-4-9-11(10(8)12)13-6-17-9/h3-4,6-7,14H,5,12H2,1-2H3. The van der Waals surface area contributed by atoms with Gasteiger partial charge in [-0.05, 0) is 19.1 Å². The summed E-state index contributed by atoms with van der Waals surface area (Å²) in [4.78, 5) is 4.20. The minimum Gasteiger partial charge on any atom is -0.395 e. The van der Waals surface area contributed by atoms with E-state index in [1.54, 1.807) is 5.51 Å². The molecule has 0 radical (unpaired) electrons. The van der Waals surface area contributed by atoms with Gasteiger partial charge in [-0.15, -0.1) is 11.3 Å². The van der Waals surface area contributed by atoms with Gasteiger partial charge in [0, 0.05) is 12.3 Å². The van der Waals surface area contributed by atoms with Gasteiger partial charge in [0.25, 0.3) is 0 Å². The average molecular weight is 285 g/mol. The molecule has 98 valence electrons. The van der Waals surface area contributed by atoms with Crippen LogP contribution in [-0.4, -0.2) is 31.5 Å². The summed E-state index contributed by atoms with van der Waals surface area (Å²) in [6.07, 6.45) is 1.22. The van der Waals surface area contributed by atoms with Gasteiger partial charge in [0.15, 0.2) is 0 Å². The number of nitrogens with zero attached hydrogens (tertiary/aromatic N) is 1. The van der Waals surface area contributed by atoms with Gasteiger partial charge in [-0.2, -0.15) is 0 Å². The zero-order chi connectivity index (χ0) is 13.3. The number of fused-ring (bicyclic) bond motifs is 1. The second kappa shape index (κ2) is 4.74. The Bertz CT molecular complexity index is 664. The fourth-order valence-electron chi connectivity index (χ4n) is 1.84. The number of sulfone groups is 1. The van der Waals surface area contributed by atoms with E-state index in [1.165, 1.54) is 17.6 Å². The first-order valence-electron chi connectivity index (χ1n) is 5.43. The first-order chi connectivity index (χ1) is 8.37. The predicted molar refractivity (Wildman–Crippen MR) is 76.8 cm³/mol. The summed E-state index contributed by atoms with van der Waals surface area (Å²) in [7, 11) is -3.00. The maximum Gasteiger partial charge on any atom is 0.149 e. The van der Waals surface area contributed by atoms with E-state index in [1.807, 2.05) is 19.1 Å². The number of nitrogens with two attached hydrogens (primary N) is 1. The molecule has 0 aliphatic heterocycles. The Morgan fingerprint density at radius 1 is 1.50 bits per heavy atom. The van der Waals surface area contributed by atoms with Crippen LogP contribution < -0.4 is 11.1 Å². The molecule has 1 unspecified atom stereocenters. The molecule has 0 aliphatic carbocycles. The Balaban J connectivity index is 2.24. The molecule has 0 saturated carbocycles. The summed E-state index contributed by atoms with van der Waals surface area (Å²) in [5.41, 5.74) is 9.80. The zero-order valence-electron chi connectivity index (χ0n) is 10.2. The summed E-state index contributed by atoms with van der Waals surface area (Å²) in [6.45, 7) is 1.81. The third-order valence-electron chi connectivity index (χ3n) is 2.50. The first-order valence-corrected chi connectivity index (χ1v) is 8.37. The number of rotatable bonds is 4. The number of hydrogen-bond acceptors (Lipinski definition) is 6. The molecule has 1 atom stereocenters. The van der Waals surface area contributed by atoms with Crippen molar-refractivity contribution < 1.29 is 8.42 Å². The smallest absolute Gasteiger partial charge is 0.149 e. The second-order valence-electron chi connectivity index (χ2n) is 4.36. The molecule has 0 fully saturated rings. The van der Waals surface area contributed by atoms with Crippen LogP contribution in [-0.2, 0) is 9.84 Å². The Kier molecular flexibility index (Phi) is 3.45. The molecule has 0 saturated heterocycles. The molecule has 2 rings (SSSR count). The van der Waals surface area contributed by atoms with Crippen molar-refractivity contribution in [2.75, 3.05) is 23.1 Å². The van der Waals surface area contributed by atoms with Gasteiger partial charge in [0.05, 0.1) is 27.3 Å². The number of anilines is 2. The third kappa shape index (κ3) is 2.91. The van der Waals surface area contributed by atoms with Crippen LogP contribution in [0.25, 0.3) is 10.2 Å². The lowest BCUT2D eigenvalue weighted by atomic mass is 10.2. The van der Waals surface area contributed by atoms with Gasteiger partial charge in [-0.3, -0.25) is 0 Å². The van der Waals surface area contributed by atoms with Crippen molar-refractivity contribution in [1.29, 1.82) is 0 Å². The second-order valence-corrected chi connectivity index (χ2v) is 7.43. The molecule has 7 heteroatoms. The molecule has 1 aromatic carbocycles. The van der Waals surface area contributed by atoms with Crippen molar-refractivity contribution in [3.8, 4) is 0 Å². The third-order valence-corrected chi connectivity index (χ3v) is 4.40. The van der Waals surface area contributed by atoms with E-state index in [0.717, 1.165) is 15.9 Å². The number of nitrogens with one attached hydrogen (secondary N) is 1. The molecule has 5 nitrogen and oxygen atoms in total. The van der Waals surface area contributed by atoms with E-state index in [0.29, 0.717) is 5.69 Å². The van der Waals surface area contributed by atoms with Crippen LogP contribution in [0.5, 0.6) is 0 Å². The monoisotopic (exact) mass is 285 g/mol. The molecule has 1 aromatic heterocycles. The van der Waals surface area contributed by atoms with Crippen molar-refractivity contribution in [3.05, 3.63) is 17.6 Å². The Labute approximate surface area is 110 Å². The summed E-state index contributed by atoms with van der Waals surface area (Å²) < 4.78 is 23.4. The molecule has 1 heterocycles. The number of hydrogen-bond donors (Lipinski definition) is 2. The van der Waals surface area contributed by atoms with E-state index in [4.69, 9.17) is 5.73 Å². The lowest BCUT2D eigenvalue weighted by Crippen LogP contribution is -2.25. The van der Waals surface area contributed by atoms with Crippen LogP contribution in [0.4, 0.5) is 11.4 Å². The molecule has 0 amide bonds. The zero-order valence-corrected chi connectivity index (χ0v) is 11.8. The van der Waals surface area contributed by atoms with Crippen LogP contribution in [0.1, 0.15) is 6.92 Å². The molecule has 0 spiro atoms. The molecular weight excluding hydrogens is 270 g/mol. The Morgan fingerprint density at radius 2 is 2.22 bits per heavy atom. The quantitative estimate of drug-likeness (QED) is 0.836. The first kappa shape index (κ1) is 13.1. The normalized spacial score (nSPS) is 13.7. The lowest BCUT2D eigenvalue weighted by molar-refractivity contribution is 0.598. The van der Waals surface area contributed by atoms with E-state index in [9.17, 15) is 8.42 Å². The van der Waals surface area contributed by atoms with Crippen molar-refractivity contribution >= 4 is 42.8 Å². The highest BCUT2D eigenvalue weighted by Gasteiger charge is 2.13. The van der Waals surface area contributed by atoms with Gasteiger partial charge in [-0.1, -0.05) is 0 Å². The van der Waals surface area contributed by atoms with Crippen LogP contribution >= 0.6 is 11.3 Å². The van der Waals surface area contributed by atoms with E-state index in [-0.39, 0.29) is 11.8 Å². The predicted octanol–water partition coefficient (Wildman–Crippen LogP) is 1.72. The number of nitrogen functional groups attached to an aromatic ring is 1. The fraction of sp³-hybridized carbons (Fsp3) is 0.364. The highest BCUT2D eigenvalue weighted by Crippen LogP contribution is 2.30. The average Bonchev–Trinajstić information content (AvgIpc) is 2.68. The summed E-state index contributed by atoms with van der Waals surface area (Å²) in [5, 5.41) is 3.11. The van der Waals surface area contributed by atoms with Gasteiger partial charge < -0.3 is 11.1 Å². The van der Waals surface area contributed by atoms with Crippen molar-refractivity contribution in [2.24, 2.45) is 0 Å². The highest BCUT2D eigenvalue weighted by atomic mass is 32.2. The topological polar surface area (TPSA) is 85.1 Å². The Hall–Kier alpha value is -1.34. The molecule has 3 N–H and O–H groups in total. The van der Waals surface area contributed by atoms with Crippen LogP contribution in [0.2, 0.25) is 0 Å². The van der Waals surface area contributed by atoms with Gasteiger partial charge >= 0.3 is 0 Å². The largest absolute Gasteiger partial charge is 0.395 e. The molecule has 0 aliphatic rings. The van der Waals surface area contributed by atoms with Crippen molar-refractivity contribution in [1.82, 2.24) is 4.98 Å². The summed E-state index contributed by atoms with van der Waals surface area (Å²) >= 11 is 1.52. The van der Waals surface area contributed by atoms with Crippen molar-refractivity contribution in [3.63, 3.8) is 0 Å². The van der Waals surface area contributed by atoms with E-state index in [2.05, 4.69) is 10.3 Å². The van der Waals surface area contributed by atoms with E-state index < -0.39 is 9.84 Å². The maximum atomic E-state index is 11.2. The van der Waals surface area contributed by atoms with Crippen molar-refractivity contribution in [2.45, 2.75) is 13.0 Å². The van der Waals surface area contributed by atoms with Gasteiger partial charge in [0.1, 0.15) is 15.4 Å². The number of benzene rings is 1. The summed E-state index contributed by atoms with van der Waals surface area (Å²) in [6, 6.07) is 3.59. The van der Waals surface area contributed by atoms with Gasteiger partial charge in [-0.25, -0.2) is 13.4 Å². The van der Waals surface area contributed by atoms with E-state index >= 15 is 0 Å². The molecular formula is C11H15N3O2S2. The van der Waals surface area contributed by atoms with Crippen LogP contribution in [0, 0.1) is 0 Å². The van der Waals surface area contributed by atoms with Gasteiger partial charge in [0.2, 0.25) is 0 Å². The number of aromatic nitrogens is 1. The molecule has 2 aromatic rings. The lowest BCUT2D eigenvalue weighted by Gasteiger charge is -2.16. The molecule has 0 bridgehead atoms. The SMILES string of the molecule is CC(CS(C)(=O)=O)Nc1ccc2scnc2c1N. The van der Waals surface area contributed by atoms with Crippen LogP contribution in [0.3, 0.4) is 0 Å². The Morgan fingerprint density at radius 3 is 2.89 bits per heavy atom. The highest BCUT2D eigenvalue weighted by molar-refractivity contribution is 7.90. The fourth-order valence-corrected chi connectivity index (χ4v) is 3.52.